The first-order valence-electron chi connectivity index (χ1n) is 8.73. The standard InChI is InChI=1S/C19H16F3N3O5/c1-11-6-7-14(25(28)29)15(8-11)30-10-18(27)24-13-5-3-2-4-12(13)23-17(26)9-16(24)19(20,21)22/h2-8,16H,9-10H2,1H3,(H,23,26)/t16-/m1/s1. The minimum Gasteiger partial charge on any atom is -0.477 e. The van der Waals surface area contributed by atoms with Gasteiger partial charge in [0.1, 0.15) is 6.04 Å². The van der Waals surface area contributed by atoms with Crippen molar-refractivity contribution in [3.8, 4) is 5.75 Å². The molecule has 158 valence electrons. The first kappa shape index (κ1) is 21.1. The number of hydrogen-bond donors (Lipinski definition) is 1. The molecule has 8 nitrogen and oxygen atoms in total. The molecule has 0 aliphatic carbocycles. The van der Waals surface area contributed by atoms with Gasteiger partial charge in [0.25, 0.3) is 5.91 Å². The fraction of sp³-hybridized carbons (Fsp3) is 0.263. The summed E-state index contributed by atoms with van der Waals surface area (Å²) in [6, 6.07) is 7.12. The third-order valence-corrected chi connectivity index (χ3v) is 4.44. The second-order valence-corrected chi connectivity index (χ2v) is 6.61. The van der Waals surface area contributed by atoms with Crippen molar-refractivity contribution in [1.29, 1.82) is 0 Å². The predicted molar refractivity (Wildman–Crippen MR) is 100 cm³/mol. The van der Waals surface area contributed by atoms with Crippen LogP contribution in [-0.2, 0) is 9.59 Å². The van der Waals surface area contributed by atoms with Gasteiger partial charge < -0.3 is 10.1 Å². The molecule has 1 aliphatic rings. The molecular weight excluding hydrogens is 407 g/mol. The number of alkyl halides is 3. The molecule has 0 spiro atoms. The second-order valence-electron chi connectivity index (χ2n) is 6.61. The molecule has 0 saturated heterocycles. The molecule has 1 atom stereocenters. The Morgan fingerprint density at radius 1 is 1.30 bits per heavy atom. The van der Waals surface area contributed by atoms with E-state index in [9.17, 15) is 32.9 Å². The van der Waals surface area contributed by atoms with Gasteiger partial charge in [0.05, 0.1) is 22.7 Å². The van der Waals surface area contributed by atoms with Crippen LogP contribution in [0.5, 0.6) is 5.75 Å². The molecule has 30 heavy (non-hydrogen) atoms. The molecule has 0 radical (unpaired) electrons. The molecule has 1 aliphatic heterocycles. The Balaban J connectivity index is 1.95. The third kappa shape index (κ3) is 4.34. The number of nitro benzene ring substituents is 1. The van der Waals surface area contributed by atoms with Crippen LogP contribution in [0.1, 0.15) is 12.0 Å². The lowest BCUT2D eigenvalue weighted by Crippen LogP contribution is -2.51. The maximum atomic E-state index is 13.7. The number of aryl methyl sites for hydroxylation is 1. The Morgan fingerprint density at radius 3 is 2.67 bits per heavy atom. The molecule has 0 bridgehead atoms. The van der Waals surface area contributed by atoms with E-state index in [2.05, 4.69) is 5.32 Å². The van der Waals surface area contributed by atoms with Crippen molar-refractivity contribution in [2.75, 3.05) is 16.8 Å². The fourth-order valence-corrected chi connectivity index (χ4v) is 3.09. The molecule has 2 aromatic carbocycles. The van der Waals surface area contributed by atoms with Crippen LogP contribution in [0.2, 0.25) is 0 Å². The molecular formula is C19H16F3N3O5. The molecule has 1 heterocycles. The fourth-order valence-electron chi connectivity index (χ4n) is 3.09. The van der Waals surface area contributed by atoms with E-state index in [-0.39, 0.29) is 17.1 Å². The zero-order valence-corrected chi connectivity index (χ0v) is 15.6. The Morgan fingerprint density at radius 2 is 2.00 bits per heavy atom. The predicted octanol–water partition coefficient (Wildman–Crippen LogP) is 3.59. The molecule has 0 fully saturated rings. The maximum Gasteiger partial charge on any atom is 0.409 e. The first-order chi connectivity index (χ1) is 14.1. The number of nitro groups is 1. The molecule has 0 unspecified atom stereocenters. The van der Waals surface area contributed by atoms with E-state index < -0.39 is 47.7 Å². The number of hydrogen-bond acceptors (Lipinski definition) is 5. The van der Waals surface area contributed by atoms with Crippen LogP contribution in [0.4, 0.5) is 30.2 Å². The molecule has 2 aromatic rings. The molecule has 11 heteroatoms. The summed E-state index contributed by atoms with van der Waals surface area (Å²) in [5, 5.41) is 13.5. The van der Waals surface area contributed by atoms with Crippen molar-refractivity contribution in [3.63, 3.8) is 0 Å². The normalized spacial score (nSPS) is 16.3. The van der Waals surface area contributed by atoms with Crippen LogP contribution in [0, 0.1) is 17.0 Å². The summed E-state index contributed by atoms with van der Waals surface area (Å²) in [5.74, 6) is -2.23. The van der Waals surface area contributed by atoms with Crippen LogP contribution in [0.25, 0.3) is 0 Å². The molecule has 3 rings (SSSR count). The summed E-state index contributed by atoms with van der Waals surface area (Å²) >= 11 is 0. The van der Waals surface area contributed by atoms with Gasteiger partial charge in [0, 0.05) is 6.07 Å². The Bertz CT molecular complexity index is 1010. The SMILES string of the molecule is Cc1ccc([N+](=O)[O-])c(OCC(=O)N2c3ccccc3NC(=O)C[C@@H]2C(F)(F)F)c1. The number of carbonyl (C=O) groups excluding carboxylic acids is 2. The average molecular weight is 423 g/mol. The summed E-state index contributed by atoms with van der Waals surface area (Å²) in [4.78, 5) is 35.6. The quantitative estimate of drug-likeness (QED) is 0.598. The minimum atomic E-state index is -4.89. The number of fused-ring (bicyclic) bond motifs is 1. The molecule has 2 amide bonds. The number of nitrogens with one attached hydrogen (secondary N) is 1. The van der Waals surface area contributed by atoms with Gasteiger partial charge in [-0.3, -0.25) is 24.6 Å². The first-order valence-corrected chi connectivity index (χ1v) is 8.73. The number of ether oxygens (including phenoxy) is 1. The Kier molecular flexibility index (Phi) is 5.63. The highest BCUT2D eigenvalue weighted by molar-refractivity contribution is 6.05. The lowest BCUT2D eigenvalue weighted by Gasteiger charge is -2.31. The van der Waals surface area contributed by atoms with Crippen LogP contribution >= 0.6 is 0 Å². The lowest BCUT2D eigenvalue weighted by molar-refractivity contribution is -0.385. The second kappa shape index (κ2) is 8.01. The Labute approximate surface area is 168 Å². The van der Waals surface area contributed by atoms with E-state index >= 15 is 0 Å². The number of anilines is 2. The number of para-hydroxylation sites is 2. The summed E-state index contributed by atoms with van der Waals surface area (Å²) in [5.41, 5.74) is 0.0853. The number of carbonyl (C=O) groups is 2. The molecule has 0 aromatic heterocycles. The van der Waals surface area contributed by atoms with Crippen molar-refractivity contribution in [1.82, 2.24) is 0 Å². The van der Waals surface area contributed by atoms with Crippen molar-refractivity contribution in [2.24, 2.45) is 0 Å². The van der Waals surface area contributed by atoms with Gasteiger partial charge in [0.2, 0.25) is 5.91 Å². The van der Waals surface area contributed by atoms with E-state index in [4.69, 9.17) is 4.74 Å². The Hall–Kier alpha value is -3.63. The highest BCUT2D eigenvalue weighted by atomic mass is 19.4. The van der Waals surface area contributed by atoms with Gasteiger partial charge >= 0.3 is 11.9 Å². The van der Waals surface area contributed by atoms with Crippen LogP contribution in [0.3, 0.4) is 0 Å². The molecule has 0 saturated carbocycles. The van der Waals surface area contributed by atoms with Crippen molar-refractivity contribution in [3.05, 3.63) is 58.1 Å². The number of nitrogens with zero attached hydrogens (tertiary/aromatic N) is 2. The highest BCUT2D eigenvalue weighted by Crippen LogP contribution is 2.38. The smallest absolute Gasteiger partial charge is 0.409 e. The van der Waals surface area contributed by atoms with Gasteiger partial charge in [-0.2, -0.15) is 13.2 Å². The van der Waals surface area contributed by atoms with Gasteiger partial charge in [-0.15, -0.1) is 0 Å². The minimum absolute atomic E-state index is 0.0455. The highest BCUT2D eigenvalue weighted by Gasteiger charge is 2.49. The van der Waals surface area contributed by atoms with Crippen molar-refractivity contribution < 1.29 is 32.4 Å². The number of rotatable bonds is 4. The van der Waals surface area contributed by atoms with Gasteiger partial charge in [-0.1, -0.05) is 18.2 Å². The van der Waals surface area contributed by atoms with E-state index in [1.165, 1.54) is 42.5 Å². The van der Waals surface area contributed by atoms with E-state index in [0.717, 1.165) is 0 Å². The third-order valence-electron chi connectivity index (χ3n) is 4.44. The van der Waals surface area contributed by atoms with Crippen molar-refractivity contribution >= 4 is 28.9 Å². The number of amides is 2. The summed E-state index contributed by atoms with van der Waals surface area (Å²) in [6.45, 7) is 0.750. The monoisotopic (exact) mass is 423 g/mol. The summed E-state index contributed by atoms with van der Waals surface area (Å²) in [6.07, 6.45) is -5.88. The number of halogens is 3. The average Bonchev–Trinajstić information content (AvgIpc) is 2.81. The van der Waals surface area contributed by atoms with E-state index in [0.29, 0.717) is 10.5 Å². The van der Waals surface area contributed by atoms with E-state index in [1.807, 2.05) is 0 Å². The van der Waals surface area contributed by atoms with Gasteiger partial charge in [-0.05, 0) is 30.7 Å². The summed E-state index contributed by atoms with van der Waals surface area (Å²) in [7, 11) is 0. The van der Waals surface area contributed by atoms with Gasteiger partial charge in [-0.25, -0.2) is 0 Å². The topological polar surface area (TPSA) is 102 Å². The zero-order chi connectivity index (χ0) is 22.1. The van der Waals surface area contributed by atoms with Crippen LogP contribution in [0.15, 0.2) is 42.5 Å². The molecule has 1 N–H and O–H groups in total. The van der Waals surface area contributed by atoms with Crippen LogP contribution in [-0.4, -0.2) is 35.6 Å². The zero-order valence-electron chi connectivity index (χ0n) is 15.6. The van der Waals surface area contributed by atoms with E-state index in [1.54, 1.807) is 6.92 Å². The lowest BCUT2D eigenvalue weighted by atomic mass is 10.1. The summed E-state index contributed by atoms with van der Waals surface area (Å²) < 4.78 is 46.3. The number of benzene rings is 2. The largest absolute Gasteiger partial charge is 0.477 e. The van der Waals surface area contributed by atoms with Crippen molar-refractivity contribution in [2.45, 2.75) is 25.6 Å². The maximum absolute atomic E-state index is 13.7. The van der Waals surface area contributed by atoms with Gasteiger partial charge in [0.15, 0.2) is 12.4 Å². The van der Waals surface area contributed by atoms with Crippen LogP contribution < -0.4 is 15.0 Å².